The number of hydrogen-bond donors (Lipinski definition) is 2. The monoisotopic (exact) mass is 545 g/mol. The highest BCUT2D eigenvalue weighted by molar-refractivity contribution is 7.98. The van der Waals surface area contributed by atoms with E-state index in [-0.39, 0.29) is 23.8 Å². The number of rotatable bonds is 8. The lowest BCUT2D eigenvalue weighted by Gasteiger charge is -2.34. The van der Waals surface area contributed by atoms with Gasteiger partial charge in [-0.05, 0) is 49.3 Å². The highest BCUT2D eigenvalue weighted by atomic mass is 32.2. The van der Waals surface area contributed by atoms with Gasteiger partial charge in [-0.25, -0.2) is 0 Å². The Bertz CT molecular complexity index is 1280. The van der Waals surface area contributed by atoms with Crippen molar-refractivity contribution in [2.75, 3.05) is 18.1 Å². The molecule has 2 saturated heterocycles. The summed E-state index contributed by atoms with van der Waals surface area (Å²) >= 11 is 1.60. The molecule has 2 aromatic carbocycles. The second-order valence-electron chi connectivity index (χ2n) is 11.0. The number of amides is 3. The van der Waals surface area contributed by atoms with Crippen molar-refractivity contribution in [2.24, 2.45) is 11.8 Å². The van der Waals surface area contributed by atoms with Crippen LogP contribution in [-0.4, -0.2) is 59.2 Å². The summed E-state index contributed by atoms with van der Waals surface area (Å²) in [4.78, 5) is 44.4. The van der Waals surface area contributed by atoms with E-state index in [9.17, 15) is 14.4 Å². The number of nitrogens with one attached hydrogen (secondary N) is 2. The van der Waals surface area contributed by atoms with Crippen LogP contribution in [0.4, 0.5) is 5.69 Å². The van der Waals surface area contributed by atoms with Gasteiger partial charge in [-0.2, -0.15) is 0 Å². The molecule has 7 nitrogen and oxygen atoms in total. The van der Waals surface area contributed by atoms with E-state index in [2.05, 4.69) is 10.6 Å². The summed E-state index contributed by atoms with van der Waals surface area (Å²) < 4.78 is 6.48. The molecule has 6 rings (SSSR count). The zero-order valence-electron chi connectivity index (χ0n) is 22.2. The second-order valence-corrected chi connectivity index (χ2v) is 11.9. The van der Waals surface area contributed by atoms with E-state index in [1.54, 1.807) is 16.7 Å². The molecule has 5 atom stereocenters. The van der Waals surface area contributed by atoms with E-state index in [0.717, 1.165) is 36.1 Å². The molecule has 3 amide bonds. The van der Waals surface area contributed by atoms with Gasteiger partial charge in [-0.3, -0.25) is 14.4 Å². The van der Waals surface area contributed by atoms with Crippen molar-refractivity contribution in [1.29, 1.82) is 0 Å². The van der Waals surface area contributed by atoms with Crippen molar-refractivity contribution in [1.82, 2.24) is 10.2 Å². The molecule has 3 heterocycles. The van der Waals surface area contributed by atoms with Crippen molar-refractivity contribution >= 4 is 35.2 Å². The molecule has 0 radical (unpaired) electrons. The molecule has 0 aromatic heterocycles. The van der Waals surface area contributed by atoms with Crippen LogP contribution in [0.5, 0.6) is 0 Å². The molecule has 1 aliphatic carbocycles. The minimum Gasteiger partial charge on any atom is -0.359 e. The third-order valence-electron chi connectivity index (χ3n) is 8.70. The van der Waals surface area contributed by atoms with Gasteiger partial charge in [0.15, 0.2) is 0 Å². The maximum atomic E-state index is 14.1. The Hall–Kier alpha value is -3.10. The predicted molar refractivity (Wildman–Crippen MR) is 151 cm³/mol. The Morgan fingerprint density at radius 2 is 1.85 bits per heavy atom. The number of ether oxygens (including phenoxy) is 1. The van der Waals surface area contributed by atoms with E-state index in [0.29, 0.717) is 18.7 Å². The molecule has 2 N–H and O–H groups in total. The third-order valence-corrected chi connectivity index (χ3v) is 9.42. The van der Waals surface area contributed by atoms with Gasteiger partial charge in [0.1, 0.15) is 11.6 Å². The molecule has 1 spiro atoms. The number of carbonyl (C=O) groups is 3. The average molecular weight is 546 g/mol. The number of likely N-dealkylation sites (tertiary alicyclic amines) is 1. The van der Waals surface area contributed by atoms with Gasteiger partial charge < -0.3 is 20.3 Å². The van der Waals surface area contributed by atoms with Gasteiger partial charge in [0.05, 0.1) is 17.9 Å². The van der Waals surface area contributed by atoms with Crippen molar-refractivity contribution in [2.45, 2.75) is 67.2 Å². The van der Waals surface area contributed by atoms with Crippen LogP contribution in [0.1, 0.15) is 37.7 Å². The molecular weight excluding hydrogens is 510 g/mol. The number of fused-ring (bicyclic) bond motifs is 1. The van der Waals surface area contributed by atoms with Crippen LogP contribution in [0.3, 0.4) is 0 Å². The van der Waals surface area contributed by atoms with Crippen molar-refractivity contribution < 1.29 is 19.1 Å². The third kappa shape index (κ3) is 4.78. The summed E-state index contributed by atoms with van der Waals surface area (Å²) in [5, 5.41) is 6.27. The molecule has 1 saturated carbocycles. The van der Waals surface area contributed by atoms with Crippen LogP contribution < -0.4 is 10.6 Å². The van der Waals surface area contributed by atoms with Crippen molar-refractivity contribution in [3.8, 4) is 0 Å². The SMILES string of the molecule is CSc1cccc(NC(=O)C2C3C=CC4(O3)C2C(=O)N(CCc2ccccc2)C4C(=O)NC2CCCCC2)c1. The highest BCUT2D eigenvalue weighted by Gasteiger charge is 2.72. The molecule has 39 heavy (non-hydrogen) atoms. The fourth-order valence-corrected chi connectivity index (χ4v) is 7.31. The lowest BCUT2D eigenvalue weighted by atomic mass is 9.74. The lowest BCUT2D eigenvalue weighted by Crippen LogP contribution is -2.56. The lowest BCUT2D eigenvalue weighted by molar-refractivity contribution is -0.141. The van der Waals surface area contributed by atoms with Crippen molar-refractivity contribution in [3.05, 3.63) is 72.3 Å². The molecule has 5 unspecified atom stereocenters. The fourth-order valence-electron chi connectivity index (χ4n) is 6.86. The predicted octanol–water partition coefficient (Wildman–Crippen LogP) is 4.19. The van der Waals surface area contributed by atoms with Crippen molar-refractivity contribution in [3.63, 3.8) is 0 Å². The van der Waals surface area contributed by atoms with Crippen LogP contribution in [0.25, 0.3) is 0 Å². The quantitative estimate of drug-likeness (QED) is 0.384. The number of carbonyl (C=O) groups excluding carboxylic acids is 3. The summed E-state index contributed by atoms with van der Waals surface area (Å²) in [6.45, 7) is 0.385. The summed E-state index contributed by atoms with van der Waals surface area (Å²) in [6.07, 6.45) is 11.1. The molecule has 3 aliphatic heterocycles. The Morgan fingerprint density at radius 3 is 2.62 bits per heavy atom. The summed E-state index contributed by atoms with van der Waals surface area (Å²) in [5.41, 5.74) is 0.640. The molecule has 4 aliphatic rings. The second kappa shape index (κ2) is 10.8. The standard InChI is InChI=1S/C31H35N3O4S/c1-39-23-14-8-13-22(19-23)33-28(35)25-24-15-17-31(38-24)26(25)30(37)34(18-16-20-9-4-2-5-10-20)27(31)29(36)32-21-11-6-3-7-12-21/h2,4-5,8-10,13-15,17,19,21,24-27H,3,6-7,11-12,16,18H2,1H3,(H,32,36)(H,33,35). The Balaban J connectivity index is 1.29. The van der Waals surface area contributed by atoms with E-state index in [1.807, 2.05) is 73.0 Å². The fraction of sp³-hybridized carbons (Fsp3) is 0.452. The number of thioether (sulfide) groups is 1. The first-order valence-electron chi connectivity index (χ1n) is 14.0. The minimum absolute atomic E-state index is 0.109. The van der Waals surface area contributed by atoms with Crippen LogP contribution >= 0.6 is 11.8 Å². The summed E-state index contributed by atoms with van der Waals surface area (Å²) in [5.74, 6) is -2.05. The van der Waals surface area contributed by atoms with Gasteiger partial charge >= 0.3 is 0 Å². The van der Waals surface area contributed by atoms with E-state index >= 15 is 0 Å². The van der Waals surface area contributed by atoms with E-state index in [1.165, 1.54) is 6.42 Å². The number of benzene rings is 2. The topological polar surface area (TPSA) is 87.7 Å². The first-order chi connectivity index (χ1) is 19.0. The van der Waals surface area contributed by atoms with Crippen LogP contribution in [0.2, 0.25) is 0 Å². The van der Waals surface area contributed by atoms with Crippen LogP contribution in [0, 0.1) is 11.8 Å². The number of nitrogens with zero attached hydrogens (tertiary/aromatic N) is 1. The maximum absolute atomic E-state index is 14.1. The normalized spacial score (nSPS) is 29.5. The van der Waals surface area contributed by atoms with E-state index in [4.69, 9.17) is 4.74 Å². The zero-order chi connectivity index (χ0) is 27.0. The summed E-state index contributed by atoms with van der Waals surface area (Å²) in [7, 11) is 0. The number of anilines is 1. The average Bonchev–Trinajstić information content (AvgIpc) is 3.60. The van der Waals surface area contributed by atoms with Gasteiger partial charge in [0.25, 0.3) is 0 Å². The molecule has 2 aromatic rings. The first kappa shape index (κ1) is 26.1. The van der Waals surface area contributed by atoms with E-state index < -0.39 is 29.6 Å². The number of hydrogen-bond acceptors (Lipinski definition) is 5. The first-order valence-corrected chi connectivity index (χ1v) is 15.2. The summed E-state index contributed by atoms with van der Waals surface area (Å²) in [6, 6.07) is 16.9. The van der Waals surface area contributed by atoms with Gasteiger partial charge in [-0.1, -0.05) is 67.8 Å². The highest BCUT2D eigenvalue weighted by Crippen LogP contribution is 2.55. The van der Waals surface area contributed by atoms with Gasteiger partial charge in [0.2, 0.25) is 17.7 Å². The maximum Gasteiger partial charge on any atom is 0.246 e. The largest absolute Gasteiger partial charge is 0.359 e. The zero-order valence-corrected chi connectivity index (χ0v) is 23.0. The molecule has 3 fully saturated rings. The molecular formula is C31H35N3O4S. The Kier molecular flexibility index (Phi) is 7.25. The smallest absolute Gasteiger partial charge is 0.246 e. The Labute approximate surface area is 233 Å². The van der Waals surface area contributed by atoms with Crippen LogP contribution in [0.15, 0.2) is 71.6 Å². The van der Waals surface area contributed by atoms with Crippen LogP contribution in [-0.2, 0) is 25.5 Å². The molecule has 204 valence electrons. The molecule has 2 bridgehead atoms. The molecule has 8 heteroatoms. The van der Waals surface area contributed by atoms with Gasteiger partial charge in [-0.15, -0.1) is 11.8 Å². The Morgan fingerprint density at radius 1 is 1.05 bits per heavy atom. The minimum atomic E-state index is -1.14. The van der Waals surface area contributed by atoms with Gasteiger partial charge in [0, 0.05) is 23.2 Å².